The minimum Gasteiger partial charge on any atom is -0.382 e. The summed E-state index contributed by atoms with van der Waals surface area (Å²) in [6.45, 7) is 2.18. The number of carbonyl (C=O) groups is 3. The molecule has 2 aromatic heterocycles. The molecule has 2 heterocycles. The van der Waals surface area contributed by atoms with Crippen molar-refractivity contribution in [2.24, 2.45) is 11.7 Å². The van der Waals surface area contributed by atoms with Crippen LogP contribution in [-0.4, -0.2) is 75.1 Å². The number of Topliss-reactive ketones (excluding diaryl/α,β-unsaturated/α-hetero) is 2. The third-order valence-corrected chi connectivity index (χ3v) is 4.40. The lowest BCUT2D eigenvalue weighted by Gasteiger charge is -2.24. The van der Waals surface area contributed by atoms with Gasteiger partial charge in [0.25, 0.3) is 0 Å². The Kier molecular flexibility index (Phi) is 7.52. The van der Waals surface area contributed by atoms with Gasteiger partial charge in [0.05, 0.1) is 18.8 Å². The van der Waals surface area contributed by atoms with Gasteiger partial charge >= 0.3 is 0 Å². The van der Waals surface area contributed by atoms with Crippen LogP contribution < -0.4 is 16.8 Å². The van der Waals surface area contributed by atoms with Crippen LogP contribution in [0.3, 0.4) is 0 Å². The Morgan fingerprint density at radius 3 is 2.68 bits per heavy atom. The predicted molar refractivity (Wildman–Crippen MR) is 103 cm³/mol. The smallest absolute Gasteiger partial charge is 0.243 e. The Morgan fingerprint density at radius 2 is 2.04 bits per heavy atom. The number of likely N-dealkylation sites (N-methyl/N-ethyl adjacent to an activating group) is 1. The number of carbonyl (C=O) groups excluding carboxylic acids is 3. The van der Waals surface area contributed by atoms with Crippen molar-refractivity contribution in [3.63, 3.8) is 0 Å². The average Bonchev–Trinajstić information content (AvgIpc) is 3.06. The van der Waals surface area contributed by atoms with Crippen molar-refractivity contribution in [3.8, 4) is 0 Å². The molecule has 0 aromatic carbocycles. The van der Waals surface area contributed by atoms with Crippen molar-refractivity contribution in [2.75, 3.05) is 39.0 Å². The molecule has 1 unspecified atom stereocenters. The first kappa shape index (κ1) is 21.4. The van der Waals surface area contributed by atoms with Crippen LogP contribution in [0.2, 0.25) is 0 Å². The molecule has 28 heavy (non-hydrogen) atoms. The standard InChI is InChI=1S/C17H26N8O3/c1-11(26)12(3-4-18)13(27)7-24(6-5-20-2)14(28)8-25-10-23-15-16(19)21-9-22-17(15)25/h9-10,12,20H,3-8,18H2,1-2H3,(H2,19,21,22). The molecule has 152 valence electrons. The summed E-state index contributed by atoms with van der Waals surface area (Å²) in [7, 11) is 1.75. The molecule has 11 nitrogen and oxygen atoms in total. The molecule has 2 rings (SSSR count). The van der Waals surface area contributed by atoms with Crippen molar-refractivity contribution in [1.82, 2.24) is 29.7 Å². The van der Waals surface area contributed by atoms with E-state index in [1.54, 1.807) is 11.6 Å². The summed E-state index contributed by atoms with van der Waals surface area (Å²) in [5, 5.41) is 2.95. The molecule has 0 saturated carbocycles. The largest absolute Gasteiger partial charge is 0.382 e. The van der Waals surface area contributed by atoms with Crippen molar-refractivity contribution >= 4 is 34.5 Å². The number of aromatic nitrogens is 4. The second-order valence-corrected chi connectivity index (χ2v) is 6.43. The number of ketones is 2. The maximum Gasteiger partial charge on any atom is 0.243 e. The summed E-state index contributed by atoms with van der Waals surface area (Å²) in [5.74, 6) is -1.43. The highest BCUT2D eigenvalue weighted by molar-refractivity contribution is 6.03. The summed E-state index contributed by atoms with van der Waals surface area (Å²) >= 11 is 0. The van der Waals surface area contributed by atoms with Crippen LogP contribution in [0.25, 0.3) is 11.2 Å². The van der Waals surface area contributed by atoms with Crippen LogP contribution in [0.15, 0.2) is 12.7 Å². The third kappa shape index (κ3) is 5.08. The monoisotopic (exact) mass is 390 g/mol. The van der Waals surface area contributed by atoms with Gasteiger partial charge in [-0.3, -0.25) is 14.4 Å². The highest BCUT2D eigenvalue weighted by Gasteiger charge is 2.26. The summed E-state index contributed by atoms with van der Waals surface area (Å²) in [4.78, 5) is 50.7. The van der Waals surface area contributed by atoms with Gasteiger partial charge < -0.3 is 26.3 Å². The number of hydrogen-bond acceptors (Lipinski definition) is 9. The quantitative estimate of drug-likeness (QED) is 0.391. The molecule has 0 radical (unpaired) electrons. The van der Waals surface area contributed by atoms with E-state index in [1.165, 1.54) is 24.5 Å². The molecule has 1 amide bonds. The van der Waals surface area contributed by atoms with E-state index < -0.39 is 5.92 Å². The number of amides is 1. The molecular weight excluding hydrogens is 364 g/mol. The summed E-state index contributed by atoms with van der Waals surface area (Å²) < 4.78 is 1.55. The molecule has 0 fully saturated rings. The van der Waals surface area contributed by atoms with E-state index in [4.69, 9.17) is 11.5 Å². The molecule has 0 aliphatic carbocycles. The van der Waals surface area contributed by atoms with Crippen LogP contribution >= 0.6 is 0 Å². The molecule has 0 spiro atoms. The zero-order valence-electron chi connectivity index (χ0n) is 16.1. The summed E-state index contributed by atoms with van der Waals surface area (Å²) in [5.41, 5.74) is 12.1. The SMILES string of the molecule is CNCCN(CC(=O)C(CCN)C(C)=O)C(=O)Cn1cnc2c(N)ncnc21. The number of imidazole rings is 1. The Bertz CT molecular complexity index is 850. The molecule has 0 bridgehead atoms. The number of hydrogen-bond donors (Lipinski definition) is 3. The lowest BCUT2D eigenvalue weighted by molar-refractivity contribution is -0.139. The Labute approximate surface area is 162 Å². The van der Waals surface area contributed by atoms with Gasteiger partial charge in [-0.1, -0.05) is 0 Å². The molecule has 0 aliphatic rings. The minimum absolute atomic E-state index is 0.0639. The molecular formula is C17H26N8O3. The van der Waals surface area contributed by atoms with E-state index in [0.717, 1.165) is 0 Å². The first-order chi connectivity index (χ1) is 13.4. The lowest BCUT2D eigenvalue weighted by Crippen LogP contribution is -2.43. The van der Waals surface area contributed by atoms with E-state index in [1.807, 2.05) is 0 Å². The van der Waals surface area contributed by atoms with E-state index in [-0.39, 0.29) is 49.3 Å². The first-order valence-electron chi connectivity index (χ1n) is 8.96. The van der Waals surface area contributed by atoms with Crippen LogP contribution in [0.4, 0.5) is 5.82 Å². The van der Waals surface area contributed by atoms with Crippen LogP contribution in [-0.2, 0) is 20.9 Å². The fourth-order valence-corrected chi connectivity index (χ4v) is 2.85. The van der Waals surface area contributed by atoms with Crippen LogP contribution in [0, 0.1) is 5.92 Å². The van der Waals surface area contributed by atoms with Gasteiger partial charge in [0.15, 0.2) is 17.2 Å². The second-order valence-electron chi connectivity index (χ2n) is 6.43. The Hall–Kier alpha value is -2.92. The fourth-order valence-electron chi connectivity index (χ4n) is 2.85. The molecule has 0 aliphatic heterocycles. The maximum atomic E-state index is 12.8. The number of anilines is 1. The molecule has 2 aromatic rings. The predicted octanol–water partition coefficient (Wildman–Crippen LogP) is -1.42. The zero-order chi connectivity index (χ0) is 20.7. The number of nitrogen functional groups attached to an aromatic ring is 1. The van der Waals surface area contributed by atoms with Crippen LogP contribution in [0.1, 0.15) is 13.3 Å². The molecule has 0 saturated heterocycles. The van der Waals surface area contributed by atoms with Crippen molar-refractivity contribution in [3.05, 3.63) is 12.7 Å². The average molecular weight is 390 g/mol. The van der Waals surface area contributed by atoms with Crippen molar-refractivity contribution < 1.29 is 14.4 Å². The molecule has 5 N–H and O–H groups in total. The number of rotatable bonds is 11. The van der Waals surface area contributed by atoms with Gasteiger partial charge in [0.1, 0.15) is 24.2 Å². The van der Waals surface area contributed by atoms with Crippen molar-refractivity contribution in [2.45, 2.75) is 19.9 Å². The van der Waals surface area contributed by atoms with E-state index in [9.17, 15) is 14.4 Å². The van der Waals surface area contributed by atoms with Crippen LogP contribution in [0.5, 0.6) is 0 Å². The lowest BCUT2D eigenvalue weighted by atomic mass is 9.95. The zero-order valence-corrected chi connectivity index (χ0v) is 16.1. The van der Waals surface area contributed by atoms with E-state index in [2.05, 4.69) is 20.3 Å². The van der Waals surface area contributed by atoms with Gasteiger partial charge in [-0.25, -0.2) is 15.0 Å². The third-order valence-electron chi connectivity index (χ3n) is 4.40. The Morgan fingerprint density at radius 1 is 1.29 bits per heavy atom. The minimum atomic E-state index is -0.795. The number of nitrogens with zero attached hydrogens (tertiary/aromatic N) is 5. The second kappa shape index (κ2) is 9.85. The fraction of sp³-hybridized carbons (Fsp3) is 0.529. The topological polar surface area (TPSA) is 162 Å². The summed E-state index contributed by atoms with van der Waals surface area (Å²) in [6, 6.07) is 0. The van der Waals surface area contributed by atoms with Crippen molar-refractivity contribution in [1.29, 1.82) is 0 Å². The summed E-state index contributed by atoms with van der Waals surface area (Å²) in [6.07, 6.45) is 3.02. The molecule has 11 heteroatoms. The number of nitrogens with two attached hydrogens (primary N) is 2. The normalized spacial score (nSPS) is 12.1. The molecule has 1 atom stereocenters. The van der Waals surface area contributed by atoms with Gasteiger partial charge in [-0.05, 0) is 26.9 Å². The highest BCUT2D eigenvalue weighted by atomic mass is 16.2. The first-order valence-corrected chi connectivity index (χ1v) is 8.96. The maximum absolute atomic E-state index is 12.8. The van der Waals surface area contributed by atoms with E-state index >= 15 is 0 Å². The highest BCUT2D eigenvalue weighted by Crippen LogP contribution is 2.14. The van der Waals surface area contributed by atoms with Gasteiger partial charge in [0, 0.05) is 13.1 Å². The van der Waals surface area contributed by atoms with Gasteiger partial charge in [-0.15, -0.1) is 0 Å². The van der Waals surface area contributed by atoms with E-state index in [0.29, 0.717) is 24.3 Å². The Balaban J connectivity index is 2.16. The van der Waals surface area contributed by atoms with Gasteiger partial charge in [-0.2, -0.15) is 0 Å². The number of nitrogens with one attached hydrogen (secondary N) is 1. The number of fused-ring (bicyclic) bond motifs is 1. The van der Waals surface area contributed by atoms with Gasteiger partial charge in [0.2, 0.25) is 5.91 Å².